The molecule has 38 heavy (non-hydrogen) atoms. The minimum absolute atomic E-state index is 0.0239. The number of nitriles is 1. The maximum absolute atomic E-state index is 13.8. The first-order chi connectivity index (χ1) is 17.6. The summed E-state index contributed by atoms with van der Waals surface area (Å²) in [6, 6.07) is 1.47. The minimum Gasteiger partial charge on any atom is -0.473 e. The second-order valence-corrected chi connectivity index (χ2v) is 9.79. The number of carbonyl (C=O) groups is 4. The van der Waals surface area contributed by atoms with E-state index in [2.05, 4.69) is 5.32 Å². The van der Waals surface area contributed by atoms with Crippen molar-refractivity contribution in [3.05, 3.63) is 24.0 Å². The number of likely N-dealkylation sites (tertiary alicyclic amines) is 1. The highest BCUT2D eigenvalue weighted by atomic mass is 19.4. The van der Waals surface area contributed by atoms with Crippen molar-refractivity contribution in [1.82, 2.24) is 15.1 Å². The highest BCUT2D eigenvalue weighted by molar-refractivity contribution is 6.02. The van der Waals surface area contributed by atoms with Crippen molar-refractivity contribution >= 4 is 29.3 Å². The molecule has 206 valence electrons. The zero-order valence-corrected chi connectivity index (χ0v) is 21.1. The lowest BCUT2D eigenvalue weighted by atomic mass is 9.97. The van der Waals surface area contributed by atoms with Gasteiger partial charge < -0.3 is 25.2 Å². The first kappa shape index (κ1) is 28.7. The van der Waals surface area contributed by atoms with E-state index in [0.29, 0.717) is 0 Å². The standard InChI is InChI=1S/C24H27F4N5O5/c1-12(2)7-17(32(4)19(34)13(3)30-22(37)24(26,27)28)20(35)33-11-23(9-15(33)10-29)21(36)31-16-6-5-14(25)8-18(16)38-23/h5-6,8,12-13,15,17H,7,9,11H2,1-4H3,(H,30,37)(H,31,36)/t13-,15-,17-,23+/m0/s1. The second kappa shape index (κ2) is 10.5. The van der Waals surface area contributed by atoms with Gasteiger partial charge >= 0.3 is 12.1 Å². The van der Waals surface area contributed by atoms with Crippen LogP contribution in [-0.4, -0.2) is 76.9 Å². The van der Waals surface area contributed by atoms with Gasteiger partial charge in [0.25, 0.3) is 5.91 Å². The second-order valence-electron chi connectivity index (χ2n) is 9.79. The molecular weight excluding hydrogens is 514 g/mol. The van der Waals surface area contributed by atoms with Crippen LogP contribution in [0.5, 0.6) is 5.75 Å². The van der Waals surface area contributed by atoms with E-state index in [-0.39, 0.29) is 36.7 Å². The lowest BCUT2D eigenvalue weighted by Gasteiger charge is -2.36. The highest BCUT2D eigenvalue weighted by Gasteiger charge is 2.56. The Labute approximate surface area is 215 Å². The number of benzene rings is 1. The van der Waals surface area contributed by atoms with Gasteiger partial charge in [-0.3, -0.25) is 19.2 Å². The van der Waals surface area contributed by atoms with E-state index in [1.54, 1.807) is 19.2 Å². The summed E-state index contributed by atoms with van der Waals surface area (Å²) in [6.07, 6.45) is -5.36. The number of hydrogen-bond donors (Lipinski definition) is 2. The summed E-state index contributed by atoms with van der Waals surface area (Å²) in [5.74, 6) is -5.39. The molecule has 4 atom stereocenters. The van der Waals surface area contributed by atoms with E-state index in [9.17, 15) is 42.0 Å². The van der Waals surface area contributed by atoms with Crippen LogP contribution in [-0.2, 0) is 19.2 Å². The summed E-state index contributed by atoms with van der Waals surface area (Å²) in [5, 5.41) is 13.9. The van der Waals surface area contributed by atoms with Crippen molar-refractivity contribution in [2.24, 2.45) is 5.92 Å². The summed E-state index contributed by atoms with van der Waals surface area (Å²) >= 11 is 0. The molecule has 2 aliphatic heterocycles. The molecule has 1 saturated heterocycles. The van der Waals surface area contributed by atoms with E-state index >= 15 is 0 Å². The fourth-order valence-corrected chi connectivity index (χ4v) is 4.50. The molecule has 14 heteroatoms. The first-order valence-corrected chi connectivity index (χ1v) is 11.7. The monoisotopic (exact) mass is 541 g/mol. The van der Waals surface area contributed by atoms with Crippen molar-refractivity contribution in [2.45, 2.75) is 63.5 Å². The van der Waals surface area contributed by atoms with Gasteiger partial charge in [0.05, 0.1) is 18.3 Å². The van der Waals surface area contributed by atoms with Crippen LogP contribution in [0.3, 0.4) is 0 Å². The van der Waals surface area contributed by atoms with Crippen molar-refractivity contribution < 1.29 is 41.5 Å². The maximum Gasteiger partial charge on any atom is 0.471 e. The molecule has 1 aromatic rings. The van der Waals surface area contributed by atoms with Gasteiger partial charge in [0.1, 0.15) is 29.7 Å². The number of nitrogens with one attached hydrogen (secondary N) is 2. The van der Waals surface area contributed by atoms with E-state index in [4.69, 9.17) is 4.74 Å². The Morgan fingerprint density at radius 3 is 2.55 bits per heavy atom. The number of carbonyl (C=O) groups excluding carboxylic acids is 4. The van der Waals surface area contributed by atoms with Gasteiger partial charge in [-0.2, -0.15) is 18.4 Å². The SMILES string of the molecule is CC(C)C[C@@H](C(=O)N1C[C@@]2(C[C@H]1C#N)Oc1cc(F)ccc1NC2=O)N(C)C(=O)[C@H](C)NC(=O)C(F)(F)F. The number of anilines is 1. The van der Waals surface area contributed by atoms with E-state index in [1.807, 2.05) is 6.07 Å². The summed E-state index contributed by atoms with van der Waals surface area (Å²) in [6.45, 7) is 4.18. The number of hydrogen-bond acceptors (Lipinski definition) is 6. The zero-order valence-electron chi connectivity index (χ0n) is 21.1. The highest BCUT2D eigenvalue weighted by Crippen LogP contribution is 2.41. The topological polar surface area (TPSA) is 132 Å². The van der Waals surface area contributed by atoms with Crippen LogP contribution in [0.1, 0.15) is 33.6 Å². The number of fused-ring (bicyclic) bond motifs is 1. The predicted molar refractivity (Wildman–Crippen MR) is 124 cm³/mol. The average molecular weight is 542 g/mol. The molecule has 2 heterocycles. The summed E-state index contributed by atoms with van der Waals surface area (Å²) in [4.78, 5) is 52.9. The van der Waals surface area contributed by atoms with Crippen LogP contribution in [0, 0.1) is 23.1 Å². The first-order valence-electron chi connectivity index (χ1n) is 11.7. The summed E-state index contributed by atoms with van der Waals surface area (Å²) < 4.78 is 57.6. The Hall–Kier alpha value is -3.89. The molecule has 0 bridgehead atoms. The van der Waals surface area contributed by atoms with Crippen molar-refractivity contribution in [3.8, 4) is 11.8 Å². The summed E-state index contributed by atoms with van der Waals surface area (Å²) in [5.41, 5.74) is -1.48. The van der Waals surface area contributed by atoms with Gasteiger partial charge in [-0.15, -0.1) is 0 Å². The molecule has 0 saturated carbocycles. The Kier molecular flexibility index (Phi) is 7.90. The number of halogens is 4. The Balaban J connectivity index is 1.86. The Morgan fingerprint density at radius 1 is 1.32 bits per heavy atom. The van der Waals surface area contributed by atoms with Crippen LogP contribution >= 0.6 is 0 Å². The van der Waals surface area contributed by atoms with Crippen LogP contribution < -0.4 is 15.4 Å². The van der Waals surface area contributed by atoms with Gasteiger partial charge in [0.2, 0.25) is 17.4 Å². The molecule has 0 radical (unpaired) electrons. The van der Waals surface area contributed by atoms with Crippen LogP contribution in [0.15, 0.2) is 18.2 Å². The fraction of sp³-hybridized carbons (Fsp3) is 0.542. The van der Waals surface area contributed by atoms with Gasteiger partial charge in [-0.25, -0.2) is 4.39 Å². The van der Waals surface area contributed by atoms with Gasteiger partial charge in [0.15, 0.2) is 0 Å². The quantitative estimate of drug-likeness (QED) is 0.530. The molecule has 1 fully saturated rings. The van der Waals surface area contributed by atoms with E-state index in [1.165, 1.54) is 13.1 Å². The molecule has 10 nitrogen and oxygen atoms in total. The molecule has 2 aliphatic rings. The fourth-order valence-electron chi connectivity index (χ4n) is 4.50. The number of alkyl halides is 3. The summed E-state index contributed by atoms with van der Waals surface area (Å²) in [7, 11) is 1.21. The molecule has 0 aromatic heterocycles. The molecule has 0 unspecified atom stereocenters. The zero-order chi connectivity index (χ0) is 28.6. The number of ether oxygens (including phenoxy) is 1. The van der Waals surface area contributed by atoms with Gasteiger partial charge in [-0.1, -0.05) is 13.8 Å². The van der Waals surface area contributed by atoms with Crippen molar-refractivity contribution in [1.29, 1.82) is 5.26 Å². The Morgan fingerprint density at radius 2 is 1.97 bits per heavy atom. The molecular formula is C24H27F4N5O5. The smallest absolute Gasteiger partial charge is 0.471 e. The lowest BCUT2D eigenvalue weighted by Crippen LogP contribution is -2.57. The molecule has 2 N–H and O–H groups in total. The number of amides is 4. The molecule has 4 amide bonds. The predicted octanol–water partition coefficient (Wildman–Crippen LogP) is 1.96. The third-order valence-corrected chi connectivity index (χ3v) is 6.44. The third-order valence-electron chi connectivity index (χ3n) is 6.44. The average Bonchev–Trinajstić information content (AvgIpc) is 3.20. The number of likely N-dealkylation sites (N-methyl/N-ethyl adjacent to an activating group) is 1. The number of rotatable bonds is 6. The molecule has 1 spiro atoms. The van der Waals surface area contributed by atoms with E-state index < -0.39 is 59.3 Å². The normalized spacial score (nSPS) is 22.2. The van der Waals surface area contributed by atoms with Crippen molar-refractivity contribution in [3.63, 3.8) is 0 Å². The minimum atomic E-state index is -5.20. The lowest BCUT2D eigenvalue weighted by molar-refractivity contribution is -0.175. The maximum atomic E-state index is 13.8. The van der Waals surface area contributed by atoms with Crippen molar-refractivity contribution in [2.75, 3.05) is 18.9 Å². The van der Waals surface area contributed by atoms with Gasteiger partial charge in [0, 0.05) is 19.5 Å². The van der Waals surface area contributed by atoms with Crippen LogP contribution in [0.4, 0.5) is 23.2 Å². The molecule has 1 aromatic carbocycles. The largest absolute Gasteiger partial charge is 0.473 e. The van der Waals surface area contributed by atoms with Crippen LogP contribution in [0.25, 0.3) is 0 Å². The van der Waals surface area contributed by atoms with Crippen LogP contribution in [0.2, 0.25) is 0 Å². The third kappa shape index (κ3) is 5.66. The van der Waals surface area contributed by atoms with Gasteiger partial charge in [-0.05, 0) is 31.4 Å². The van der Waals surface area contributed by atoms with E-state index in [0.717, 1.165) is 28.9 Å². The molecule has 3 rings (SSSR count). The number of nitrogens with zero attached hydrogens (tertiary/aromatic N) is 3. The molecule has 0 aliphatic carbocycles. The Bertz CT molecular complexity index is 1180.